The number of carbonyl (C=O) groups is 2. The van der Waals surface area contributed by atoms with E-state index in [-0.39, 0.29) is 17.9 Å². The second-order valence-electron chi connectivity index (χ2n) is 5.27. The molecule has 110 valence electrons. The number of nitrogens with one attached hydrogen (secondary N) is 2. The van der Waals surface area contributed by atoms with Crippen LogP contribution < -0.4 is 10.6 Å². The molecule has 1 amide bonds. The molecule has 1 atom stereocenters. The van der Waals surface area contributed by atoms with Gasteiger partial charge < -0.3 is 20.5 Å². The predicted octanol–water partition coefficient (Wildman–Crippen LogP) is -0.194. The molecule has 0 heterocycles. The van der Waals surface area contributed by atoms with Crippen molar-refractivity contribution < 1.29 is 19.4 Å². The lowest BCUT2D eigenvalue weighted by Crippen LogP contribution is -2.49. The molecule has 0 spiro atoms. The maximum absolute atomic E-state index is 11.5. The minimum Gasteiger partial charge on any atom is -0.467 e. The maximum atomic E-state index is 11.5. The highest BCUT2D eigenvalue weighted by molar-refractivity contribution is 5.83. The average molecular weight is 272 g/mol. The molecule has 0 radical (unpaired) electrons. The number of aliphatic hydroxyl groups is 1. The minimum absolute atomic E-state index is 0.0725. The van der Waals surface area contributed by atoms with E-state index in [2.05, 4.69) is 15.4 Å². The van der Waals surface area contributed by atoms with Crippen molar-refractivity contribution in [1.82, 2.24) is 10.6 Å². The van der Waals surface area contributed by atoms with Crippen molar-refractivity contribution in [3.63, 3.8) is 0 Å². The summed E-state index contributed by atoms with van der Waals surface area (Å²) in [5.41, 5.74) is -0.0725. The summed E-state index contributed by atoms with van der Waals surface area (Å²) in [6, 6.07) is -0.681. The molecular weight excluding hydrogens is 248 g/mol. The lowest BCUT2D eigenvalue weighted by atomic mass is 9.87. The van der Waals surface area contributed by atoms with Crippen molar-refractivity contribution in [2.24, 2.45) is 5.41 Å². The van der Waals surface area contributed by atoms with Crippen LogP contribution in [-0.2, 0) is 14.3 Å². The molecule has 6 nitrogen and oxygen atoms in total. The maximum Gasteiger partial charge on any atom is 0.329 e. The van der Waals surface area contributed by atoms with Crippen LogP contribution in [0.3, 0.4) is 0 Å². The molecule has 0 aromatic carbocycles. The number of hydrogen-bond acceptors (Lipinski definition) is 5. The Balaban J connectivity index is 2.42. The highest BCUT2D eigenvalue weighted by atomic mass is 16.5. The van der Waals surface area contributed by atoms with Crippen molar-refractivity contribution in [3.05, 3.63) is 0 Å². The van der Waals surface area contributed by atoms with Gasteiger partial charge in [-0.2, -0.15) is 0 Å². The van der Waals surface area contributed by atoms with Gasteiger partial charge in [-0.1, -0.05) is 12.8 Å². The third-order valence-corrected chi connectivity index (χ3v) is 3.71. The summed E-state index contributed by atoms with van der Waals surface area (Å²) in [5, 5.41) is 15.2. The Hall–Kier alpha value is -1.14. The Morgan fingerprint density at radius 1 is 1.37 bits per heavy atom. The van der Waals surface area contributed by atoms with Crippen LogP contribution in [0.5, 0.6) is 0 Å². The number of ether oxygens (including phenoxy) is 1. The summed E-state index contributed by atoms with van der Waals surface area (Å²) in [7, 11) is 1.29. The first-order chi connectivity index (χ1) is 9.03. The van der Waals surface area contributed by atoms with Crippen LogP contribution in [0.15, 0.2) is 0 Å². The van der Waals surface area contributed by atoms with Crippen molar-refractivity contribution in [3.8, 4) is 0 Å². The zero-order valence-electron chi connectivity index (χ0n) is 11.7. The Kier molecular flexibility index (Phi) is 6.24. The molecule has 6 heteroatoms. The Bertz CT molecular complexity index is 314. The van der Waals surface area contributed by atoms with Gasteiger partial charge in [0, 0.05) is 32.0 Å². The predicted molar refractivity (Wildman–Crippen MR) is 70.5 cm³/mol. The van der Waals surface area contributed by atoms with E-state index in [1.165, 1.54) is 14.0 Å². The van der Waals surface area contributed by atoms with Gasteiger partial charge in [-0.3, -0.25) is 4.79 Å². The summed E-state index contributed by atoms with van der Waals surface area (Å²) in [5.74, 6) is -0.734. The smallest absolute Gasteiger partial charge is 0.329 e. The van der Waals surface area contributed by atoms with E-state index in [0.717, 1.165) is 25.7 Å². The molecule has 1 rings (SSSR count). The highest BCUT2D eigenvalue weighted by Crippen LogP contribution is 2.36. The molecule has 1 unspecified atom stereocenters. The molecule has 0 aromatic heterocycles. The number of rotatable bonds is 7. The number of carbonyl (C=O) groups excluding carboxylic acids is 2. The molecule has 1 fully saturated rings. The monoisotopic (exact) mass is 272 g/mol. The molecule has 1 aliphatic rings. The summed E-state index contributed by atoms with van der Waals surface area (Å²) in [4.78, 5) is 22.5. The van der Waals surface area contributed by atoms with Crippen LogP contribution in [-0.4, -0.2) is 49.8 Å². The van der Waals surface area contributed by atoms with E-state index >= 15 is 0 Å². The first-order valence-corrected chi connectivity index (χ1v) is 6.69. The normalized spacial score (nSPS) is 18.9. The lowest BCUT2D eigenvalue weighted by molar-refractivity contribution is -0.144. The third kappa shape index (κ3) is 4.80. The van der Waals surface area contributed by atoms with Crippen LogP contribution in [0.1, 0.15) is 32.6 Å². The average Bonchev–Trinajstić information content (AvgIpc) is 2.85. The molecule has 0 aromatic rings. The molecular formula is C13H24N2O4. The van der Waals surface area contributed by atoms with Crippen molar-refractivity contribution >= 4 is 11.9 Å². The number of methoxy groups -OCH3 is 1. The van der Waals surface area contributed by atoms with E-state index < -0.39 is 12.0 Å². The van der Waals surface area contributed by atoms with Crippen LogP contribution >= 0.6 is 0 Å². The summed E-state index contributed by atoms with van der Waals surface area (Å²) in [6.45, 7) is 2.48. The lowest BCUT2D eigenvalue weighted by Gasteiger charge is -2.27. The Morgan fingerprint density at radius 3 is 2.47 bits per heavy atom. The van der Waals surface area contributed by atoms with E-state index in [1.807, 2.05) is 0 Å². The van der Waals surface area contributed by atoms with Crippen LogP contribution in [0.25, 0.3) is 0 Å². The first kappa shape index (κ1) is 15.9. The zero-order chi connectivity index (χ0) is 14.3. The van der Waals surface area contributed by atoms with Gasteiger partial charge in [0.1, 0.15) is 6.04 Å². The van der Waals surface area contributed by atoms with Gasteiger partial charge in [-0.25, -0.2) is 4.79 Å². The number of amides is 1. The largest absolute Gasteiger partial charge is 0.467 e. The third-order valence-electron chi connectivity index (χ3n) is 3.71. The van der Waals surface area contributed by atoms with Crippen LogP contribution in [0.4, 0.5) is 0 Å². The van der Waals surface area contributed by atoms with Crippen molar-refractivity contribution in [1.29, 1.82) is 0 Å². The number of esters is 1. The fourth-order valence-corrected chi connectivity index (χ4v) is 2.58. The number of aliphatic hydroxyl groups excluding tert-OH is 1. The van der Waals surface area contributed by atoms with E-state index in [1.54, 1.807) is 0 Å². The van der Waals surface area contributed by atoms with Gasteiger partial charge in [0.15, 0.2) is 0 Å². The van der Waals surface area contributed by atoms with Gasteiger partial charge >= 0.3 is 5.97 Å². The fraction of sp³-hybridized carbons (Fsp3) is 0.846. The van der Waals surface area contributed by atoms with Gasteiger partial charge in [-0.05, 0) is 12.8 Å². The molecule has 19 heavy (non-hydrogen) atoms. The second-order valence-corrected chi connectivity index (χ2v) is 5.27. The second kappa shape index (κ2) is 7.45. The standard InChI is InChI=1S/C13H24N2O4/c1-10(17)15-11(12(18)19-2)7-14-8-13(9-16)5-3-4-6-13/h11,14,16H,3-9H2,1-2H3,(H,15,17). The fourth-order valence-electron chi connectivity index (χ4n) is 2.58. The van der Waals surface area contributed by atoms with Gasteiger partial charge in [0.2, 0.25) is 5.91 Å². The highest BCUT2D eigenvalue weighted by Gasteiger charge is 2.33. The molecule has 1 saturated carbocycles. The Morgan fingerprint density at radius 2 is 2.00 bits per heavy atom. The molecule has 3 N–H and O–H groups in total. The van der Waals surface area contributed by atoms with Crippen molar-refractivity contribution in [2.75, 3.05) is 26.8 Å². The molecule has 0 aliphatic heterocycles. The zero-order valence-corrected chi connectivity index (χ0v) is 11.7. The topological polar surface area (TPSA) is 87.7 Å². The molecule has 0 saturated heterocycles. The van der Waals surface area contributed by atoms with Crippen LogP contribution in [0, 0.1) is 5.41 Å². The van der Waals surface area contributed by atoms with Gasteiger partial charge in [0.05, 0.1) is 7.11 Å². The minimum atomic E-state index is -0.681. The summed E-state index contributed by atoms with van der Waals surface area (Å²) < 4.78 is 4.64. The quantitative estimate of drug-likeness (QED) is 0.559. The van der Waals surface area contributed by atoms with Crippen molar-refractivity contribution in [2.45, 2.75) is 38.6 Å². The van der Waals surface area contributed by atoms with E-state index in [0.29, 0.717) is 13.1 Å². The summed E-state index contributed by atoms with van der Waals surface area (Å²) >= 11 is 0. The Labute approximate surface area is 113 Å². The number of hydrogen-bond donors (Lipinski definition) is 3. The van der Waals surface area contributed by atoms with Crippen LogP contribution in [0.2, 0.25) is 0 Å². The summed E-state index contributed by atoms with van der Waals surface area (Å²) in [6.07, 6.45) is 4.27. The van der Waals surface area contributed by atoms with Gasteiger partial charge in [-0.15, -0.1) is 0 Å². The molecule has 0 bridgehead atoms. The van der Waals surface area contributed by atoms with E-state index in [9.17, 15) is 14.7 Å². The van der Waals surface area contributed by atoms with E-state index in [4.69, 9.17) is 0 Å². The SMILES string of the molecule is COC(=O)C(CNCC1(CO)CCCC1)NC(C)=O. The molecule has 1 aliphatic carbocycles. The first-order valence-electron chi connectivity index (χ1n) is 6.69. The van der Waals surface area contributed by atoms with Gasteiger partial charge in [0.25, 0.3) is 0 Å².